The van der Waals surface area contributed by atoms with Gasteiger partial charge in [-0.1, -0.05) is 0 Å². The summed E-state index contributed by atoms with van der Waals surface area (Å²) in [6, 6.07) is 3.68. The lowest BCUT2D eigenvalue weighted by Crippen LogP contribution is -2.37. The van der Waals surface area contributed by atoms with Crippen molar-refractivity contribution < 1.29 is 14.3 Å². The maximum Gasteiger partial charge on any atom is 0.212 e. The fraction of sp³-hybridized carbons (Fsp3) is 0.375. The highest BCUT2D eigenvalue weighted by Crippen LogP contribution is 2.28. The molecule has 1 aliphatic rings. The van der Waals surface area contributed by atoms with Crippen LogP contribution >= 0.6 is 0 Å². The van der Waals surface area contributed by atoms with Crippen LogP contribution in [-0.2, 0) is 23.1 Å². The average molecular weight is 492 g/mol. The normalized spacial score (nSPS) is 14.7. The van der Waals surface area contributed by atoms with Crippen molar-refractivity contribution in [2.75, 3.05) is 52.0 Å². The summed E-state index contributed by atoms with van der Waals surface area (Å²) in [5, 5.41) is 0. The number of ether oxygens (including phenoxy) is 2. The molecule has 0 aliphatic carbocycles. The Kier molecular flexibility index (Phi) is 8.08. The van der Waals surface area contributed by atoms with Crippen LogP contribution in [0.15, 0.2) is 40.1 Å². The molecule has 12 nitrogen and oxygen atoms in total. The molecule has 4 heterocycles. The third-order valence-corrected chi connectivity index (χ3v) is 5.66. The van der Waals surface area contributed by atoms with Crippen molar-refractivity contribution in [2.24, 2.45) is 17.0 Å². The maximum atomic E-state index is 11.0. The summed E-state index contributed by atoms with van der Waals surface area (Å²) < 4.78 is 12.7. The van der Waals surface area contributed by atoms with E-state index < -0.39 is 0 Å². The number of aliphatic imine (C=N–C) groups is 2. The van der Waals surface area contributed by atoms with Crippen molar-refractivity contribution in [3.05, 3.63) is 35.9 Å². The number of aromatic nitrogens is 5. The highest BCUT2D eigenvalue weighted by molar-refractivity contribution is 6.01. The molecule has 3 aromatic rings. The van der Waals surface area contributed by atoms with Crippen molar-refractivity contribution in [1.82, 2.24) is 29.4 Å². The maximum absolute atomic E-state index is 11.0. The summed E-state index contributed by atoms with van der Waals surface area (Å²) in [7, 11) is 5.45. The molecule has 0 spiro atoms. The fourth-order valence-electron chi connectivity index (χ4n) is 3.77. The first kappa shape index (κ1) is 25.1. The standard InChI is InChI=1S/C24H29N9O3/c1-25-11-17(15-34)12-26-16-31(2)14-19-28-21-23(32(19)3)29-22(18-5-6-20(35-4)27-13-18)30-24(21)33-7-9-36-10-8-33/h5-6,11-13,15H,1,7-10,14,16H2,2-4H3/b17-11+,26-12-. The Hall–Kier alpha value is -4.03. The van der Waals surface area contributed by atoms with Crippen LogP contribution in [0.1, 0.15) is 5.82 Å². The topological polar surface area (TPSA) is 123 Å². The van der Waals surface area contributed by atoms with E-state index in [1.807, 2.05) is 29.6 Å². The number of anilines is 1. The molecule has 0 aromatic carbocycles. The van der Waals surface area contributed by atoms with Gasteiger partial charge in [-0.05, 0) is 19.8 Å². The molecule has 1 aliphatic heterocycles. The Morgan fingerprint density at radius 2 is 2.08 bits per heavy atom. The molecule has 1 saturated heterocycles. The Bertz CT molecular complexity index is 1280. The highest BCUT2D eigenvalue weighted by Gasteiger charge is 2.23. The number of aryl methyl sites for hydroxylation is 1. The van der Waals surface area contributed by atoms with Crippen molar-refractivity contribution in [3.8, 4) is 17.3 Å². The molecule has 1 fully saturated rings. The summed E-state index contributed by atoms with van der Waals surface area (Å²) in [4.78, 5) is 42.0. The summed E-state index contributed by atoms with van der Waals surface area (Å²) >= 11 is 0. The molecule has 36 heavy (non-hydrogen) atoms. The number of hydrogen-bond acceptors (Lipinski definition) is 11. The van der Waals surface area contributed by atoms with E-state index in [1.54, 1.807) is 19.4 Å². The molecular formula is C24H29N9O3. The molecule has 0 N–H and O–H groups in total. The number of pyridine rings is 1. The van der Waals surface area contributed by atoms with Crippen molar-refractivity contribution in [2.45, 2.75) is 6.54 Å². The van der Waals surface area contributed by atoms with Gasteiger partial charge in [0.2, 0.25) is 5.88 Å². The molecule has 0 radical (unpaired) electrons. The van der Waals surface area contributed by atoms with Gasteiger partial charge in [-0.15, -0.1) is 0 Å². The highest BCUT2D eigenvalue weighted by atomic mass is 16.5. The fourth-order valence-corrected chi connectivity index (χ4v) is 3.77. The number of rotatable bonds is 10. The number of carbonyl (C=O) groups is 1. The Balaban J connectivity index is 1.67. The van der Waals surface area contributed by atoms with Gasteiger partial charge in [0.1, 0.15) is 5.82 Å². The molecule has 3 aromatic heterocycles. The van der Waals surface area contributed by atoms with E-state index in [0.717, 1.165) is 41.5 Å². The quantitative estimate of drug-likeness (QED) is 0.236. The summed E-state index contributed by atoms with van der Waals surface area (Å²) in [6.45, 7) is 6.94. The van der Waals surface area contributed by atoms with Gasteiger partial charge >= 0.3 is 0 Å². The summed E-state index contributed by atoms with van der Waals surface area (Å²) in [5.41, 5.74) is 2.61. The van der Waals surface area contributed by atoms with Gasteiger partial charge in [0.15, 0.2) is 29.1 Å². The first-order valence-corrected chi connectivity index (χ1v) is 11.4. The zero-order valence-electron chi connectivity index (χ0n) is 20.7. The minimum absolute atomic E-state index is 0.354. The zero-order chi connectivity index (χ0) is 25.5. The zero-order valence-corrected chi connectivity index (χ0v) is 20.7. The van der Waals surface area contributed by atoms with Crippen LogP contribution in [0.2, 0.25) is 0 Å². The van der Waals surface area contributed by atoms with E-state index in [-0.39, 0.29) is 0 Å². The molecule has 0 unspecified atom stereocenters. The molecule has 188 valence electrons. The second-order valence-corrected chi connectivity index (χ2v) is 8.22. The lowest BCUT2D eigenvalue weighted by Gasteiger charge is -2.28. The van der Waals surface area contributed by atoms with Gasteiger partial charge in [-0.3, -0.25) is 19.7 Å². The van der Waals surface area contributed by atoms with E-state index in [4.69, 9.17) is 24.4 Å². The molecule has 0 bridgehead atoms. The minimum atomic E-state index is 0.354. The van der Waals surface area contributed by atoms with E-state index in [9.17, 15) is 4.79 Å². The van der Waals surface area contributed by atoms with E-state index in [1.165, 1.54) is 12.4 Å². The second-order valence-electron chi connectivity index (χ2n) is 8.22. The third kappa shape index (κ3) is 5.61. The van der Waals surface area contributed by atoms with E-state index in [0.29, 0.717) is 50.0 Å². The van der Waals surface area contributed by atoms with Crippen molar-refractivity contribution in [1.29, 1.82) is 0 Å². The predicted molar refractivity (Wildman–Crippen MR) is 138 cm³/mol. The van der Waals surface area contributed by atoms with Crippen molar-refractivity contribution in [3.63, 3.8) is 0 Å². The largest absolute Gasteiger partial charge is 0.481 e. The molecule has 0 atom stereocenters. The Labute approximate surface area is 209 Å². The van der Waals surface area contributed by atoms with Crippen LogP contribution in [0, 0.1) is 0 Å². The monoisotopic (exact) mass is 491 g/mol. The summed E-state index contributed by atoms with van der Waals surface area (Å²) in [5.74, 6) is 2.68. The number of methoxy groups -OCH3 is 1. The van der Waals surface area contributed by atoms with Crippen LogP contribution in [-0.4, -0.2) is 95.8 Å². The molecule has 4 rings (SSSR count). The number of fused-ring (bicyclic) bond motifs is 1. The SMILES string of the molecule is C=N/C=C(C=O)\C=N/CN(C)Cc1nc2c(N3CCOCC3)nc(-c3ccc(OC)nc3)nc2n1C. The van der Waals surface area contributed by atoms with E-state index in [2.05, 4.69) is 26.6 Å². The smallest absolute Gasteiger partial charge is 0.212 e. The third-order valence-electron chi connectivity index (χ3n) is 5.66. The molecule has 0 amide bonds. The van der Waals surface area contributed by atoms with Crippen LogP contribution < -0.4 is 9.64 Å². The molecule has 0 saturated carbocycles. The lowest BCUT2D eigenvalue weighted by atomic mass is 10.2. The van der Waals surface area contributed by atoms with Crippen LogP contribution in [0.4, 0.5) is 5.82 Å². The Morgan fingerprint density at radius 3 is 2.75 bits per heavy atom. The van der Waals surface area contributed by atoms with Crippen LogP contribution in [0.5, 0.6) is 5.88 Å². The lowest BCUT2D eigenvalue weighted by molar-refractivity contribution is -0.104. The van der Waals surface area contributed by atoms with Gasteiger partial charge < -0.3 is 18.9 Å². The molecular weight excluding hydrogens is 462 g/mol. The number of morpholine rings is 1. The molecule has 12 heteroatoms. The number of aldehydes is 1. The minimum Gasteiger partial charge on any atom is -0.481 e. The number of nitrogens with zero attached hydrogens (tertiary/aromatic N) is 9. The first-order chi connectivity index (χ1) is 17.5. The number of carbonyl (C=O) groups excluding carboxylic acids is 1. The van der Waals surface area contributed by atoms with Gasteiger partial charge in [0.25, 0.3) is 0 Å². The predicted octanol–water partition coefficient (Wildman–Crippen LogP) is 1.51. The second kappa shape index (κ2) is 11.6. The first-order valence-electron chi connectivity index (χ1n) is 11.4. The number of hydrogen-bond donors (Lipinski definition) is 0. The number of allylic oxidation sites excluding steroid dienone is 1. The number of imidazole rings is 1. The van der Waals surface area contributed by atoms with Gasteiger partial charge in [0, 0.05) is 50.4 Å². The van der Waals surface area contributed by atoms with Crippen LogP contribution in [0.3, 0.4) is 0 Å². The van der Waals surface area contributed by atoms with Gasteiger partial charge in [-0.2, -0.15) is 0 Å². The van der Waals surface area contributed by atoms with Gasteiger partial charge in [-0.25, -0.2) is 19.9 Å². The van der Waals surface area contributed by atoms with Gasteiger partial charge in [0.05, 0.1) is 39.1 Å². The Morgan fingerprint density at radius 1 is 1.28 bits per heavy atom. The van der Waals surface area contributed by atoms with E-state index >= 15 is 0 Å². The summed E-state index contributed by atoms with van der Waals surface area (Å²) in [6.07, 6.45) is 5.23. The average Bonchev–Trinajstić information content (AvgIpc) is 3.22. The van der Waals surface area contributed by atoms with Crippen molar-refractivity contribution >= 4 is 36.2 Å². The van der Waals surface area contributed by atoms with Crippen LogP contribution in [0.25, 0.3) is 22.6 Å².